The van der Waals surface area contributed by atoms with Crippen LogP contribution < -0.4 is 0 Å². The maximum Gasteiger partial charge on any atom is 0.472 e. The minimum atomic E-state index is -4.96. The van der Waals surface area contributed by atoms with Crippen molar-refractivity contribution in [3.05, 3.63) is 0 Å². The summed E-state index contributed by atoms with van der Waals surface area (Å²) in [5.74, 6) is -0.666. The quantitative estimate of drug-likeness (QED) is 0.0222. The van der Waals surface area contributed by atoms with Crippen LogP contribution in [0.25, 0.3) is 0 Å². The molecule has 0 heterocycles. The Morgan fingerprint density at radius 1 is 0.283 bits per heavy atom. The normalized spacial score (nSPS) is 14.5. The Kier molecular flexibility index (Phi) is 70.3. The molecule has 7 atom stereocenters. The number of ether oxygens (including phenoxy) is 4. The molecule has 4 unspecified atom stereocenters. The zero-order valence-corrected chi connectivity index (χ0v) is 66.6. The summed E-state index contributed by atoms with van der Waals surface area (Å²) in [6.45, 7) is 9.52. The molecule has 0 amide bonds. The molecular weight excluding hydrogens is 1290 g/mol. The van der Waals surface area contributed by atoms with Gasteiger partial charge in [0.25, 0.3) is 0 Å². The van der Waals surface area contributed by atoms with Crippen LogP contribution in [0.5, 0.6) is 0 Å². The van der Waals surface area contributed by atoms with Crippen LogP contribution in [0, 0.1) is 11.8 Å². The van der Waals surface area contributed by atoms with Crippen LogP contribution in [-0.2, 0) is 65.4 Å². The average Bonchev–Trinajstić information content (AvgIpc) is 0.981. The van der Waals surface area contributed by atoms with Gasteiger partial charge in [-0.15, -0.1) is 0 Å². The first-order valence-electron chi connectivity index (χ1n) is 41.6. The Morgan fingerprint density at radius 2 is 0.485 bits per heavy atom. The molecule has 0 spiro atoms. The number of rotatable bonds is 79. The highest BCUT2D eigenvalue weighted by molar-refractivity contribution is 7.47. The summed E-state index contributed by atoms with van der Waals surface area (Å²) in [5.41, 5.74) is 0. The van der Waals surface area contributed by atoms with Crippen molar-refractivity contribution >= 4 is 39.5 Å². The summed E-state index contributed by atoms with van der Waals surface area (Å²) in [5, 5.41) is 10.6. The Labute approximate surface area is 607 Å². The minimum Gasteiger partial charge on any atom is -0.462 e. The molecular formula is C80H156O17P2. The van der Waals surface area contributed by atoms with E-state index in [1.807, 2.05) is 0 Å². The van der Waals surface area contributed by atoms with E-state index in [0.29, 0.717) is 25.7 Å². The first-order chi connectivity index (χ1) is 47.9. The fraction of sp³-hybridized carbons (Fsp3) is 0.950. The van der Waals surface area contributed by atoms with Crippen molar-refractivity contribution in [2.45, 2.75) is 439 Å². The third-order valence-electron chi connectivity index (χ3n) is 19.4. The number of aliphatic hydroxyl groups excluding tert-OH is 1. The van der Waals surface area contributed by atoms with Gasteiger partial charge in [-0.05, 0) is 37.5 Å². The van der Waals surface area contributed by atoms with E-state index in [1.54, 1.807) is 0 Å². The van der Waals surface area contributed by atoms with Crippen LogP contribution >= 0.6 is 15.6 Å². The number of carbonyl (C=O) groups is 4. The summed E-state index contributed by atoms with van der Waals surface area (Å²) in [6, 6.07) is 0. The van der Waals surface area contributed by atoms with Crippen LogP contribution in [-0.4, -0.2) is 96.7 Å². The molecule has 588 valence electrons. The molecule has 99 heavy (non-hydrogen) atoms. The standard InChI is InChI=1S/C80H156O17P2/c1-7-11-13-15-17-19-21-23-25-27-28-29-30-31-33-35-37-39-41-43-52-58-64-79(84)96-75(68-90-77(82)62-56-50-42-40-38-36-34-32-26-24-22-20-18-16-14-12-8-2)70-94-98(86,87)92-66-74(81)67-93-99(88,89)95-71-76(97-80(85)65-59-53-47-45-49-55-61-73(6)10-4)69-91-78(83)63-57-51-46-44-48-54-60-72(5)9-3/h72-76,81H,7-71H2,1-6H3,(H,86,87)(H,88,89)/t72?,73?,74-,75-,76-/m1/s1. The fourth-order valence-corrected chi connectivity index (χ4v) is 13.9. The van der Waals surface area contributed by atoms with E-state index in [2.05, 4.69) is 41.5 Å². The highest BCUT2D eigenvalue weighted by atomic mass is 31.2. The fourth-order valence-electron chi connectivity index (χ4n) is 12.3. The Balaban J connectivity index is 5.19. The van der Waals surface area contributed by atoms with Gasteiger partial charge in [0.1, 0.15) is 19.3 Å². The van der Waals surface area contributed by atoms with Crippen molar-refractivity contribution in [1.29, 1.82) is 0 Å². The van der Waals surface area contributed by atoms with E-state index in [4.69, 9.17) is 37.0 Å². The topological polar surface area (TPSA) is 237 Å². The lowest BCUT2D eigenvalue weighted by Gasteiger charge is -2.21. The lowest BCUT2D eigenvalue weighted by molar-refractivity contribution is -0.161. The number of carbonyl (C=O) groups excluding carboxylic acids is 4. The number of esters is 4. The Bertz CT molecular complexity index is 1910. The predicted octanol–water partition coefficient (Wildman–Crippen LogP) is 23.9. The summed E-state index contributed by atoms with van der Waals surface area (Å²) in [6.07, 6.45) is 61.4. The SMILES string of the molecule is CCCCCCCCCCCCCCCCCCCCCCCCC(=O)O[C@H](COC(=O)CCCCCCCCCCCCCCCCCCC)COP(=O)(O)OC[C@@H](O)COP(=O)(O)OC[C@@H](COC(=O)CCCCCCCCC(C)CC)OC(=O)CCCCCCCCC(C)CC. The van der Waals surface area contributed by atoms with E-state index >= 15 is 0 Å². The molecule has 17 nitrogen and oxygen atoms in total. The molecule has 0 aromatic rings. The molecule has 0 rings (SSSR count). The number of aliphatic hydroxyl groups is 1. The van der Waals surface area contributed by atoms with Crippen molar-refractivity contribution in [3.63, 3.8) is 0 Å². The number of hydrogen-bond acceptors (Lipinski definition) is 15. The van der Waals surface area contributed by atoms with E-state index in [0.717, 1.165) is 108 Å². The highest BCUT2D eigenvalue weighted by Gasteiger charge is 2.30. The summed E-state index contributed by atoms with van der Waals surface area (Å²) >= 11 is 0. The van der Waals surface area contributed by atoms with Crippen LogP contribution in [0.4, 0.5) is 0 Å². The van der Waals surface area contributed by atoms with Crippen molar-refractivity contribution in [2.24, 2.45) is 11.8 Å². The van der Waals surface area contributed by atoms with Gasteiger partial charge >= 0.3 is 39.5 Å². The van der Waals surface area contributed by atoms with Gasteiger partial charge in [0.05, 0.1) is 26.4 Å². The Hall–Kier alpha value is -1.94. The zero-order chi connectivity index (χ0) is 72.8. The van der Waals surface area contributed by atoms with Gasteiger partial charge in [0, 0.05) is 25.7 Å². The molecule has 0 radical (unpaired) electrons. The van der Waals surface area contributed by atoms with Crippen LogP contribution in [0.1, 0.15) is 420 Å². The molecule has 0 saturated heterocycles. The van der Waals surface area contributed by atoms with Crippen LogP contribution in [0.15, 0.2) is 0 Å². The number of phosphoric ester groups is 2. The average molecular weight is 1450 g/mol. The van der Waals surface area contributed by atoms with E-state index in [9.17, 15) is 43.2 Å². The smallest absolute Gasteiger partial charge is 0.462 e. The van der Waals surface area contributed by atoms with Crippen molar-refractivity contribution in [2.75, 3.05) is 39.6 Å². The number of phosphoric acid groups is 2. The Morgan fingerprint density at radius 3 is 0.717 bits per heavy atom. The monoisotopic (exact) mass is 1450 g/mol. The maximum absolute atomic E-state index is 13.1. The van der Waals surface area contributed by atoms with Crippen LogP contribution in [0.3, 0.4) is 0 Å². The van der Waals surface area contributed by atoms with Gasteiger partial charge in [-0.25, -0.2) is 9.13 Å². The largest absolute Gasteiger partial charge is 0.472 e. The van der Waals surface area contributed by atoms with E-state index < -0.39 is 97.5 Å². The second kappa shape index (κ2) is 71.7. The third kappa shape index (κ3) is 71.5. The van der Waals surface area contributed by atoms with Gasteiger partial charge in [0.15, 0.2) is 12.2 Å². The summed E-state index contributed by atoms with van der Waals surface area (Å²) in [4.78, 5) is 72.9. The lowest BCUT2D eigenvalue weighted by Crippen LogP contribution is -2.30. The second-order valence-corrected chi connectivity index (χ2v) is 32.2. The van der Waals surface area contributed by atoms with Crippen molar-refractivity contribution < 1.29 is 80.2 Å². The molecule has 0 aromatic heterocycles. The van der Waals surface area contributed by atoms with Crippen LogP contribution in [0.2, 0.25) is 0 Å². The van der Waals surface area contributed by atoms with Gasteiger partial charge < -0.3 is 33.8 Å². The molecule has 0 aromatic carbocycles. The molecule has 3 N–H and O–H groups in total. The van der Waals surface area contributed by atoms with E-state index in [1.165, 1.54) is 231 Å². The first kappa shape index (κ1) is 97.1. The molecule has 19 heteroatoms. The molecule has 0 fully saturated rings. The van der Waals surface area contributed by atoms with Gasteiger partial charge in [-0.1, -0.05) is 369 Å². The van der Waals surface area contributed by atoms with Crippen molar-refractivity contribution in [1.82, 2.24) is 0 Å². The minimum absolute atomic E-state index is 0.102. The van der Waals surface area contributed by atoms with Crippen molar-refractivity contribution in [3.8, 4) is 0 Å². The number of unbranched alkanes of at least 4 members (excludes halogenated alkanes) is 47. The lowest BCUT2D eigenvalue weighted by atomic mass is 10.00. The first-order valence-corrected chi connectivity index (χ1v) is 44.6. The molecule has 0 aliphatic heterocycles. The molecule has 0 aliphatic rings. The van der Waals surface area contributed by atoms with E-state index in [-0.39, 0.29) is 25.7 Å². The second-order valence-electron chi connectivity index (χ2n) is 29.3. The molecule has 0 aliphatic carbocycles. The maximum atomic E-state index is 13.1. The number of hydrogen-bond donors (Lipinski definition) is 3. The van der Waals surface area contributed by atoms with Gasteiger partial charge in [0.2, 0.25) is 0 Å². The summed E-state index contributed by atoms with van der Waals surface area (Å²) < 4.78 is 68.6. The van der Waals surface area contributed by atoms with Gasteiger partial charge in [-0.2, -0.15) is 0 Å². The predicted molar refractivity (Wildman–Crippen MR) is 405 cm³/mol. The molecule has 0 bridgehead atoms. The highest BCUT2D eigenvalue weighted by Crippen LogP contribution is 2.45. The summed E-state index contributed by atoms with van der Waals surface area (Å²) in [7, 11) is -9.92. The van der Waals surface area contributed by atoms with Gasteiger partial charge in [-0.3, -0.25) is 37.3 Å². The zero-order valence-electron chi connectivity index (χ0n) is 64.8. The molecule has 0 saturated carbocycles. The third-order valence-corrected chi connectivity index (χ3v) is 21.3.